The Balaban J connectivity index is 2.30. The summed E-state index contributed by atoms with van der Waals surface area (Å²) in [6, 6.07) is 3.43. The van der Waals surface area contributed by atoms with Gasteiger partial charge in [0.1, 0.15) is 11.5 Å². The zero-order valence-electron chi connectivity index (χ0n) is 11.2. The van der Waals surface area contributed by atoms with E-state index in [1.807, 2.05) is 0 Å². The average Bonchev–Trinajstić information content (AvgIpc) is 2.90. The van der Waals surface area contributed by atoms with E-state index in [1.54, 1.807) is 6.07 Å². The molecule has 0 saturated carbocycles. The predicted octanol–water partition coefficient (Wildman–Crippen LogP) is 2.94. The molecule has 5 heteroatoms. The molecule has 1 heterocycles. The number of benzene rings is 1. The lowest BCUT2D eigenvalue weighted by molar-refractivity contribution is 0.146. The maximum Gasteiger partial charge on any atom is 0.267 e. The van der Waals surface area contributed by atoms with E-state index >= 15 is 0 Å². The van der Waals surface area contributed by atoms with Crippen molar-refractivity contribution in [1.82, 2.24) is 5.32 Å². The molecule has 1 aliphatic heterocycles. The molecule has 1 unspecified atom stereocenters. The van der Waals surface area contributed by atoms with Crippen LogP contribution in [0.5, 0.6) is 11.5 Å². The zero-order chi connectivity index (χ0) is 13.8. The Hall–Kier alpha value is -1.36. The summed E-state index contributed by atoms with van der Waals surface area (Å²) in [6.45, 7) is 1.01. The molecule has 0 amide bonds. The molecule has 3 nitrogen and oxygen atoms in total. The van der Waals surface area contributed by atoms with Crippen LogP contribution in [0.3, 0.4) is 0 Å². The molecule has 0 aliphatic carbocycles. The van der Waals surface area contributed by atoms with E-state index in [2.05, 4.69) is 5.32 Å². The molecular formula is C14H19F2NO2. The van der Waals surface area contributed by atoms with Gasteiger partial charge in [-0.25, -0.2) is 8.78 Å². The molecule has 0 radical (unpaired) electrons. The zero-order valence-corrected chi connectivity index (χ0v) is 11.2. The lowest BCUT2D eigenvalue weighted by Crippen LogP contribution is -2.23. The minimum atomic E-state index is -2.57. The minimum absolute atomic E-state index is 0.123. The number of hydrogen-bond donors (Lipinski definition) is 1. The first-order valence-electron chi connectivity index (χ1n) is 6.42. The highest BCUT2D eigenvalue weighted by Gasteiger charge is 2.21. The average molecular weight is 271 g/mol. The molecule has 0 aromatic heterocycles. The quantitative estimate of drug-likeness (QED) is 0.893. The molecule has 1 saturated heterocycles. The summed E-state index contributed by atoms with van der Waals surface area (Å²) in [6.07, 6.45) is 0.451. The van der Waals surface area contributed by atoms with Crippen molar-refractivity contribution in [3.8, 4) is 11.5 Å². The van der Waals surface area contributed by atoms with Crippen LogP contribution < -0.4 is 14.8 Å². The van der Waals surface area contributed by atoms with Crippen LogP contribution in [0.4, 0.5) is 8.78 Å². The lowest BCUT2D eigenvalue weighted by Gasteiger charge is -2.17. The van der Waals surface area contributed by atoms with E-state index in [-0.39, 0.29) is 11.3 Å². The molecule has 19 heavy (non-hydrogen) atoms. The van der Waals surface area contributed by atoms with Crippen LogP contribution in [-0.4, -0.2) is 26.8 Å². The number of nitrogens with one attached hydrogen (secondary N) is 1. The number of rotatable bonds is 5. The highest BCUT2D eigenvalue weighted by atomic mass is 19.3. The molecule has 1 aromatic carbocycles. The van der Waals surface area contributed by atoms with Gasteiger partial charge in [0.05, 0.1) is 19.8 Å². The van der Waals surface area contributed by atoms with Gasteiger partial charge in [-0.2, -0.15) is 0 Å². The van der Waals surface area contributed by atoms with E-state index in [4.69, 9.17) is 9.47 Å². The molecule has 1 fully saturated rings. The van der Waals surface area contributed by atoms with Gasteiger partial charge >= 0.3 is 0 Å². The van der Waals surface area contributed by atoms with Crippen molar-refractivity contribution in [2.45, 2.75) is 31.7 Å². The topological polar surface area (TPSA) is 30.5 Å². The standard InChI is InChI=1S/C14H19F2NO2/c1-18-12-8-11(14(15)16)13(19-2)7-9(12)6-10-4-3-5-17-10/h7-8,10,14,17H,3-6H2,1-2H3. The van der Waals surface area contributed by atoms with Gasteiger partial charge in [0.15, 0.2) is 0 Å². The summed E-state index contributed by atoms with van der Waals surface area (Å²) >= 11 is 0. The lowest BCUT2D eigenvalue weighted by atomic mass is 10.0. The van der Waals surface area contributed by atoms with Crippen molar-refractivity contribution in [2.24, 2.45) is 0 Å². The highest BCUT2D eigenvalue weighted by molar-refractivity contribution is 5.47. The second-order valence-electron chi connectivity index (χ2n) is 4.70. The molecular weight excluding hydrogens is 252 g/mol. The number of ether oxygens (including phenoxy) is 2. The third-order valence-electron chi connectivity index (χ3n) is 3.50. The number of alkyl halides is 2. The Morgan fingerprint density at radius 1 is 1.26 bits per heavy atom. The Kier molecular flexibility index (Phi) is 4.58. The summed E-state index contributed by atoms with van der Waals surface area (Å²) in [7, 11) is 2.91. The summed E-state index contributed by atoms with van der Waals surface area (Å²) in [4.78, 5) is 0. The normalized spacial score (nSPS) is 18.9. The summed E-state index contributed by atoms with van der Waals surface area (Å²) < 4.78 is 36.1. The molecule has 2 rings (SSSR count). The maximum atomic E-state index is 12.9. The Bertz CT molecular complexity index is 432. The van der Waals surface area contributed by atoms with Crippen molar-refractivity contribution >= 4 is 0 Å². The van der Waals surface area contributed by atoms with E-state index in [9.17, 15) is 8.78 Å². The minimum Gasteiger partial charge on any atom is -0.496 e. The third-order valence-corrected chi connectivity index (χ3v) is 3.50. The van der Waals surface area contributed by atoms with Gasteiger partial charge in [-0.15, -0.1) is 0 Å². The van der Waals surface area contributed by atoms with Gasteiger partial charge in [-0.3, -0.25) is 0 Å². The van der Waals surface area contributed by atoms with Crippen molar-refractivity contribution < 1.29 is 18.3 Å². The van der Waals surface area contributed by atoms with Crippen LogP contribution in [0.2, 0.25) is 0 Å². The van der Waals surface area contributed by atoms with Gasteiger partial charge < -0.3 is 14.8 Å². The molecule has 0 spiro atoms. The van der Waals surface area contributed by atoms with Gasteiger partial charge in [0, 0.05) is 6.04 Å². The van der Waals surface area contributed by atoms with Crippen molar-refractivity contribution in [1.29, 1.82) is 0 Å². The number of hydrogen-bond acceptors (Lipinski definition) is 3. The van der Waals surface area contributed by atoms with Crippen LogP contribution in [0.1, 0.15) is 30.4 Å². The van der Waals surface area contributed by atoms with E-state index in [1.165, 1.54) is 20.3 Å². The maximum absolute atomic E-state index is 12.9. The fourth-order valence-electron chi connectivity index (χ4n) is 2.51. The van der Waals surface area contributed by atoms with E-state index in [0.29, 0.717) is 11.8 Å². The number of methoxy groups -OCH3 is 2. The van der Waals surface area contributed by atoms with Crippen molar-refractivity contribution in [3.05, 3.63) is 23.3 Å². The van der Waals surface area contributed by atoms with Crippen LogP contribution in [0.25, 0.3) is 0 Å². The first-order chi connectivity index (χ1) is 9.15. The van der Waals surface area contributed by atoms with Gasteiger partial charge in [0.25, 0.3) is 6.43 Å². The van der Waals surface area contributed by atoms with Crippen LogP contribution in [-0.2, 0) is 6.42 Å². The van der Waals surface area contributed by atoms with Gasteiger partial charge in [-0.1, -0.05) is 0 Å². The molecule has 1 aromatic rings. The van der Waals surface area contributed by atoms with Gasteiger partial charge in [0.2, 0.25) is 0 Å². The molecule has 1 N–H and O–H groups in total. The largest absolute Gasteiger partial charge is 0.496 e. The van der Waals surface area contributed by atoms with Gasteiger partial charge in [-0.05, 0) is 43.5 Å². The second kappa shape index (κ2) is 6.19. The molecule has 1 atom stereocenters. The Labute approximate surface area is 111 Å². The predicted molar refractivity (Wildman–Crippen MR) is 69.2 cm³/mol. The third kappa shape index (κ3) is 3.15. The monoisotopic (exact) mass is 271 g/mol. The van der Waals surface area contributed by atoms with Crippen LogP contribution >= 0.6 is 0 Å². The molecule has 1 aliphatic rings. The Morgan fingerprint density at radius 3 is 2.53 bits per heavy atom. The summed E-state index contributed by atoms with van der Waals surface area (Å²) in [5, 5.41) is 3.39. The fraction of sp³-hybridized carbons (Fsp3) is 0.571. The van der Waals surface area contributed by atoms with E-state index < -0.39 is 6.43 Å². The van der Waals surface area contributed by atoms with Crippen molar-refractivity contribution in [3.63, 3.8) is 0 Å². The fourth-order valence-corrected chi connectivity index (χ4v) is 2.51. The highest BCUT2D eigenvalue weighted by Crippen LogP contribution is 2.35. The molecule has 0 bridgehead atoms. The smallest absolute Gasteiger partial charge is 0.267 e. The van der Waals surface area contributed by atoms with Crippen molar-refractivity contribution in [2.75, 3.05) is 20.8 Å². The first-order valence-corrected chi connectivity index (χ1v) is 6.42. The SMILES string of the molecule is COc1cc(C(F)F)c(OC)cc1CC1CCCN1. The number of halogens is 2. The summed E-state index contributed by atoms with van der Waals surface area (Å²) in [5.41, 5.74) is 0.783. The second-order valence-corrected chi connectivity index (χ2v) is 4.70. The Morgan fingerprint density at radius 2 is 2.00 bits per heavy atom. The first kappa shape index (κ1) is 14.1. The van der Waals surface area contributed by atoms with Crippen LogP contribution in [0, 0.1) is 0 Å². The van der Waals surface area contributed by atoms with E-state index in [0.717, 1.165) is 31.4 Å². The van der Waals surface area contributed by atoms with Crippen LogP contribution in [0.15, 0.2) is 12.1 Å². The molecule has 106 valence electrons. The summed E-state index contributed by atoms with van der Waals surface area (Å²) in [5.74, 6) is 0.730.